The van der Waals surface area contributed by atoms with Crippen LogP contribution in [0.15, 0.2) is 17.5 Å². The second-order valence-electron chi connectivity index (χ2n) is 4.10. The van der Waals surface area contributed by atoms with Crippen LogP contribution in [-0.4, -0.2) is 16.5 Å². The molecule has 8 heteroatoms. The summed E-state index contributed by atoms with van der Waals surface area (Å²) in [6, 6.07) is 2.56. The molecule has 1 N–H and O–H groups in total. The molecule has 0 amide bonds. The van der Waals surface area contributed by atoms with Crippen molar-refractivity contribution in [1.29, 1.82) is 0 Å². The Labute approximate surface area is 129 Å². The Morgan fingerprint density at radius 1 is 1.40 bits per heavy atom. The smallest absolute Gasteiger partial charge is 0.272 e. The van der Waals surface area contributed by atoms with Crippen molar-refractivity contribution in [1.82, 2.24) is 4.98 Å². The Bertz CT molecular complexity index is 622. The number of nitrogens with zero attached hydrogens (tertiary/aromatic N) is 2. The van der Waals surface area contributed by atoms with E-state index in [0.29, 0.717) is 12.2 Å². The minimum absolute atomic E-state index is 0.124. The summed E-state index contributed by atoms with van der Waals surface area (Å²) in [5.41, 5.74) is 1.38. The maximum Gasteiger partial charge on any atom is 0.272 e. The van der Waals surface area contributed by atoms with Crippen molar-refractivity contribution in [3.8, 4) is 0 Å². The lowest BCUT2D eigenvalue weighted by atomic mass is 10.2. The van der Waals surface area contributed by atoms with Crippen LogP contribution in [0.2, 0.25) is 10.0 Å². The number of benzene rings is 1. The molecule has 5 nitrogen and oxygen atoms in total. The van der Waals surface area contributed by atoms with E-state index < -0.39 is 4.92 Å². The lowest BCUT2D eigenvalue weighted by molar-refractivity contribution is -0.384. The van der Waals surface area contributed by atoms with E-state index >= 15 is 0 Å². The number of aryl methyl sites for hydroxylation is 1. The van der Waals surface area contributed by atoms with Gasteiger partial charge in [0.2, 0.25) is 0 Å². The van der Waals surface area contributed by atoms with E-state index in [1.54, 1.807) is 11.3 Å². The zero-order valence-corrected chi connectivity index (χ0v) is 12.8. The van der Waals surface area contributed by atoms with Gasteiger partial charge in [-0.15, -0.1) is 11.3 Å². The second-order valence-corrected chi connectivity index (χ2v) is 5.86. The van der Waals surface area contributed by atoms with Crippen LogP contribution in [0.4, 0.5) is 11.4 Å². The predicted molar refractivity (Wildman–Crippen MR) is 82.2 cm³/mol. The number of hydrogen-bond acceptors (Lipinski definition) is 5. The van der Waals surface area contributed by atoms with Crippen LogP contribution in [-0.2, 0) is 6.42 Å². The van der Waals surface area contributed by atoms with Gasteiger partial charge in [-0.05, 0) is 6.92 Å². The molecule has 106 valence electrons. The zero-order valence-electron chi connectivity index (χ0n) is 10.5. The Balaban J connectivity index is 2.04. The minimum Gasteiger partial charge on any atom is -0.382 e. The van der Waals surface area contributed by atoms with E-state index in [-0.39, 0.29) is 15.7 Å². The molecule has 0 saturated carbocycles. The van der Waals surface area contributed by atoms with Crippen LogP contribution in [0, 0.1) is 17.0 Å². The molecule has 0 fully saturated rings. The second kappa shape index (κ2) is 6.39. The van der Waals surface area contributed by atoms with Crippen molar-refractivity contribution >= 4 is 45.9 Å². The van der Waals surface area contributed by atoms with Crippen LogP contribution in [0.25, 0.3) is 0 Å². The number of nitro benzene ring substituents is 1. The van der Waals surface area contributed by atoms with Crippen molar-refractivity contribution in [2.45, 2.75) is 13.3 Å². The molecule has 0 aliphatic rings. The van der Waals surface area contributed by atoms with Crippen molar-refractivity contribution in [3.63, 3.8) is 0 Å². The fraction of sp³-hybridized carbons (Fsp3) is 0.250. The topological polar surface area (TPSA) is 68.1 Å². The third kappa shape index (κ3) is 3.59. The van der Waals surface area contributed by atoms with E-state index in [9.17, 15) is 10.1 Å². The molecule has 0 unspecified atom stereocenters. The van der Waals surface area contributed by atoms with Gasteiger partial charge in [-0.25, -0.2) is 4.98 Å². The number of aromatic nitrogens is 1. The first-order valence-corrected chi connectivity index (χ1v) is 7.39. The number of nitro groups is 1. The average molecular weight is 332 g/mol. The molecule has 0 saturated heterocycles. The average Bonchev–Trinajstić information content (AvgIpc) is 2.78. The fourth-order valence-electron chi connectivity index (χ4n) is 1.65. The van der Waals surface area contributed by atoms with Gasteiger partial charge in [-0.1, -0.05) is 23.2 Å². The molecule has 1 aromatic carbocycles. The summed E-state index contributed by atoms with van der Waals surface area (Å²) in [5, 5.41) is 17.2. The van der Waals surface area contributed by atoms with E-state index in [1.165, 1.54) is 12.1 Å². The first kappa shape index (κ1) is 15.0. The Morgan fingerprint density at radius 2 is 2.05 bits per heavy atom. The summed E-state index contributed by atoms with van der Waals surface area (Å²) in [6.45, 7) is 2.54. The van der Waals surface area contributed by atoms with Crippen LogP contribution in [0.5, 0.6) is 0 Å². The van der Waals surface area contributed by atoms with Gasteiger partial charge >= 0.3 is 0 Å². The number of anilines is 1. The number of nitrogens with one attached hydrogen (secondary N) is 1. The van der Waals surface area contributed by atoms with E-state index in [4.69, 9.17) is 23.2 Å². The largest absolute Gasteiger partial charge is 0.382 e. The Hall–Kier alpha value is -1.37. The Morgan fingerprint density at radius 3 is 2.55 bits per heavy atom. The summed E-state index contributed by atoms with van der Waals surface area (Å²) in [6.07, 6.45) is 0.738. The SMILES string of the molecule is Cc1csc(CCNc2c(Cl)cc([N+](=O)[O-])cc2Cl)n1. The summed E-state index contributed by atoms with van der Waals surface area (Å²) < 4.78 is 0. The lowest BCUT2D eigenvalue weighted by Crippen LogP contribution is -2.06. The van der Waals surface area contributed by atoms with Gasteiger partial charge in [0.25, 0.3) is 5.69 Å². The number of thiazole rings is 1. The predicted octanol–water partition coefficient (Wildman–Crippen LogP) is 4.32. The van der Waals surface area contributed by atoms with Gasteiger partial charge in [0.15, 0.2) is 0 Å². The fourth-order valence-corrected chi connectivity index (χ4v) is 3.03. The quantitative estimate of drug-likeness (QED) is 0.654. The molecule has 2 rings (SSSR count). The first-order chi connectivity index (χ1) is 9.47. The third-order valence-corrected chi connectivity index (χ3v) is 4.17. The lowest BCUT2D eigenvalue weighted by Gasteiger charge is -2.09. The number of rotatable bonds is 5. The molecule has 1 heterocycles. The monoisotopic (exact) mass is 331 g/mol. The highest BCUT2D eigenvalue weighted by Gasteiger charge is 2.14. The van der Waals surface area contributed by atoms with Gasteiger partial charge in [0.05, 0.1) is 25.7 Å². The van der Waals surface area contributed by atoms with E-state index in [1.807, 2.05) is 12.3 Å². The molecule has 2 aromatic rings. The molecular formula is C12H11Cl2N3O2S. The molecule has 0 aliphatic heterocycles. The highest BCUT2D eigenvalue weighted by Crippen LogP contribution is 2.34. The van der Waals surface area contributed by atoms with Gasteiger partial charge in [0.1, 0.15) is 0 Å². The van der Waals surface area contributed by atoms with Crippen LogP contribution >= 0.6 is 34.5 Å². The normalized spacial score (nSPS) is 10.6. The molecular weight excluding hydrogens is 321 g/mol. The first-order valence-electron chi connectivity index (χ1n) is 5.75. The van der Waals surface area contributed by atoms with Gasteiger partial charge in [0, 0.05) is 36.2 Å². The molecule has 1 aromatic heterocycles. The van der Waals surface area contributed by atoms with Crippen molar-refractivity contribution in [2.24, 2.45) is 0 Å². The minimum atomic E-state index is -0.528. The van der Waals surface area contributed by atoms with Crippen molar-refractivity contribution in [2.75, 3.05) is 11.9 Å². The summed E-state index contributed by atoms with van der Waals surface area (Å²) in [7, 11) is 0. The van der Waals surface area contributed by atoms with Crippen molar-refractivity contribution in [3.05, 3.63) is 48.4 Å². The van der Waals surface area contributed by atoms with E-state index in [0.717, 1.165) is 17.1 Å². The zero-order chi connectivity index (χ0) is 14.7. The number of hydrogen-bond donors (Lipinski definition) is 1. The summed E-state index contributed by atoms with van der Waals surface area (Å²) in [4.78, 5) is 14.5. The highest BCUT2D eigenvalue weighted by molar-refractivity contribution is 7.09. The third-order valence-electron chi connectivity index (χ3n) is 2.54. The summed E-state index contributed by atoms with van der Waals surface area (Å²) >= 11 is 13.6. The maximum atomic E-state index is 10.7. The number of non-ortho nitro benzene ring substituents is 1. The molecule has 0 aliphatic carbocycles. The molecule has 0 radical (unpaired) electrons. The standard InChI is InChI=1S/C12H11Cl2N3O2S/c1-7-6-20-11(16-7)2-3-15-12-9(13)4-8(17(18)19)5-10(12)14/h4-6,15H,2-3H2,1H3. The van der Waals surface area contributed by atoms with Gasteiger partial charge < -0.3 is 5.32 Å². The van der Waals surface area contributed by atoms with Crippen LogP contribution in [0.1, 0.15) is 10.7 Å². The van der Waals surface area contributed by atoms with Gasteiger partial charge in [-0.2, -0.15) is 0 Å². The molecule has 0 atom stereocenters. The van der Waals surface area contributed by atoms with E-state index in [2.05, 4.69) is 10.3 Å². The highest BCUT2D eigenvalue weighted by atomic mass is 35.5. The van der Waals surface area contributed by atoms with Crippen LogP contribution in [0.3, 0.4) is 0 Å². The van der Waals surface area contributed by atoms with Gasteiger partial charge in [-0.3, -0.25) is 10.1 Å². The Kier molecular flexibility index (Phi) is 4.80. The number of halogens is 2. The van der Waals surface area contributed by atoms with Crippen molar-refractivity contribution < 1.29 is 4.92 Å². The molecule has 0 spiro atoms. The summed E-state index contributed by atoms with van der Waals surface area (Å²) in [5.74, 6) is 0. The molecule has 0 bridgehead atoms. The maximum absolute atomic E-state index is 10.7. The van der Waals surface area contributed by atoms with Crippen LogP contribution < -0.4 is 5.32 Å². The molecule has 20 heavy (non-hydrogen) atoms.